The van der Waals surface area contributed by atoms with E-state index in [9.17, 15) is 14.7 Å². The van der Waals surface area contributed by atoms with E-state index in [0.29, 0.717) is 0 Å². The summed E-state index contributed by atoms with van der Waals surface area (Å²) in [4.78, 5) is 24.2. The number of ketones is 1. The van der Waals surface area contributed by atoms with Gasteiger partial charge in [-0.15, -0.1) is 0 Å². The Bertz CT molecular complexity index is 445. The average Bonchev–Trinajstić information content (AvgIpc) is 2.35. The zero-order valence-electron chi connectivity index (χ0n) is 11.1. The van der Waals surface area contributed by atoms with Crippen molar-refractivity contribution in [1.29, 1.82) is 0 Å². The van der Waals surface area contributed by atoms with E-state index in [-0.39, 0.29) is 5.56 Å². The van der Waals surface area contributed by atoms with Crippen LogP contribution in [0, 0.1) is 5.41 Å². The Hall–Kier alpha value is -1.68. The van der Waals surface area contributed by atoms with Crippen LogP contribution in [0.2, 0.25) is 0 Å². The van der Waals surface area contributed by atoms with E-state index in [1.165, 1.54) is 12.1 Å². The van der Waals surface area contributed by atoms with Crippen LogP contribution in [0.3, 0.4) is 0 Å². The Labute approximate surface area is 107 Å². The molecule has 0 aliphatic rings. The molecule has 4 nitrogen and oxygen atoms in total. The lowest BCUT2D eigenvalue weighted by atomic mass is 9.76. The molecule has 0 heterocycles. The second-order valence-corrected chi connectivity index (χ2v) is 5.15. The summed E-state index contributed by atoms with van der Waals surface area (Å²) < 4.78 is 4.58. The van der Waals surface area contributed by atoms with Crippen LogP contribution in [-0.4, -0.2) is 24.0 Å². The molecule has 0 fully saturated rings. The maximum absolute atomic E-state index is 12.3. The second kappa shape index (κ2) is 4.90. The molecule has 1 rings (SSSR count). The van der Waals surface area contributed by atoms with Crippen molar-refractivity contribution in [2.24, 2.45) is 5.41 Å². The highest BCUT2D eigenvalue weighted by molar-refractivity contribution is 6.09. The van der Waals surface area contributed by atoms with E-state index in [4.69, 9.17) is 0 Å². The third-order valence-electron chi connectivity index (χ3n) is 2.68. The number of esters is 1. The minimum Gasteiger partial charge on any atom is -0.466 e. The predicted octanol–water partition coefficient (Wildman–Crippen LogP) is 1.66. The Kier molecular flexibility index (Phi) is 3.92. The minimum atomic E-state index is -2.26. The Morgan fingerprint density at radius 3 is 2.00 bits per heavy atom. The first-order valence-corrected chi connectivity index (χ1v) is 5.65. The van der Waals surface area contributed by atoms with Crippen LogP contribution in [-0.2, 0) is 19.9 Å². The number of carbonyl (C=O) groups excluding carboxylic acids is 2. The van der Waals surface area contributed by atoms with Gasteiger partial charge in [0.15, 0.2) is 5.78 Å². The Balaban J connectivity index is 3.38. The summed E-state index contributed by atoms with van der Waals surface area (Å²) in [5.74, 6) is -1.55. The zero-order chi connectivity index (χ0) is 14.0. The molecule has 0 bridgehead atoms. The first kappa shape index (κ1) is 14.4. The molecule has 1 N–H and O–H groups in total. The third kappa shape index (κ3) is 2.43. The summed E-state index contributed by atoms with van der Waals surface area (Å²) in [6, 6.07) is 8.10. The van der Waals surface area contributed by atoms with Gasteiger partial charge in [-0.1, -0.05) is 51.1 Å². The van der Waals surface area contributed by atoms with E-state index in [0.717, 1.165) is 7.11 Å². The first-order chi connectivity index (χ1) is 8.24. The molecular formula is C14H18O4. The summed E-state index contributed by atoms with van der Waals surface area (Å²) in [6.07, 6.45) is 0. The Morgan fingerprint density at radius 2 is 1.61 bits per heavy atom. The van der Waals surface area contributed by atoms with Gasteiger partial charge in [-0.05, 0) is 0 Å². The fourth-order valence-electron chi connectivity index (χ4n) is 1.71. The molecule has 0 aliphatic carbocycles. The van der Waals surface area contributed by atoms with Crippen molar-refractivity contribution in [3.05, 3.63) is 35.9 Å². The van der Waals surface area contributed by atoms with Crippen molar-refractivity contribution in [2.75, 3.05) is 7.11 Å². The van der Waals surface area contributed by atoms with E-state index < -0.39 is 22.8 Å². The van der Waals surface area contributed by atoms with Gasteiger partial charge in [0.25, 0.3) is 0 Å². The fourth-order valence-corrected chi connectivity index (χ4v) is 1.71. The maximum atomic E-state index is 12.3. The summed E-state index contributed by atoms with van der Waals surface area (Å²) in [6.45, 7) is 4.94. The summed E-state index contributed by atoms with van der Waals surface area (Å²) in [5.41, 5.74) is -2.90. The van der Waals surface area contributed by atoms with Crippen molar-refractivity contribution < 1.29 is 19.4 Å². The lowest BCUT2D eigenvalue weighted by Crippen LogP contribution is -2.49. The topological polar surface area (TPSA) is 63.6 Å². The van der Waals surface area contributed by atoms with Gasteiger partial charge in [0.1, 0.15) is 0 Å². The van der Waals surface area contributed by atoms with Crippen LogP contribution in [0.5, 0.6) is 0 Å². The van der Waals surface area contributed by atoms with Crippen LogP contribution < -0.4 is 0 Å². The van der Waals surface area contributed by atoms with E-state index in [1.807, 2.05) is 0 Å². The smallest absolute Gasteiger partial charge is 0.350 e. The zero-order valence-corrected chi connectivity index (χ0v) is 11.1. The van der Waals surface area contributed by atoms with E-state index >= 15 is 0 Å². The molecule has 1 atom stereocenters. The van der Waals surface area contributed by atoms with Crippen LogP contribution in [0.15, 0.2) is 30.3 Å². The largest absolute Gasteiger partial charge is 0.466 e. The van der Waals surface area contributed by atoms with E-state index in [1.54, 1.807) is 39.0 Å². The number of aliphatic hydroxyl groups is 1. The third-order valence-corrected chi connectivity index (χ3v) is 2.68. The molecule has 1 aromatic carbocycles. The average molecular weight is 250 g/mol. The summed E-state index contributed by atoms with van der Waals surface area (Å²) in [5, 5.41) is 10.5. The van der Waals surface area contributed by atoms with Gasteiger partial charge in [0.05, 0.1) is 7.11 Å². The normalized spacial score (nSPS) is 14.7. The van der Waals surface area contributed by atoms with Gasteiger partial charge < -0.3 is 9.84 Å². The highest BCUT2D eigenvalue weighted by Gasteiger charge is 2.50. The van der Waals surface area contributed by atoms with Crippen LogP contribution in [0.1, 0.15) is 26.3 Å². The highest BCUT2D eigenvalue weighted by atomic mass is 16.5. The van der Waals surface area contributed by atoms with Gasteiger partial charge in [0.2, 0.25) is 5.60 Å². The number of rotatable bonds is 3. The van der Waals surface area contributed by atoms with Crippen LogP contribution in [0.4, 0.5) is 0 Å². The van der Waals surface area contributed by atoms with Gasteiger partial charge >= 0.3 is 5.97 Å². The van der Waals surface area contributed by atoms with Gasteiger partial charge in [-0.25, -0.2) is 4.79 Å². The standard InChI is InChI=1S/C14H18O4/c1-13(2,3)11(15)14(17,12(16)18-4)10-8-6-5-7-9-10/h5-9,17H,1-4H3. The molecule has 0 saturated heterocycles. The second-order valence-electron chi connectivity index (χ2n) is 5.15. The molecule has 0 spiro atoms. The lowest BCUT2D eigenvalue weighted by Gasteiger charge is -2.30. The molecule has 98 valence electrons. The van der Waals surface area contributed by atoms with Crippen LogP contribution >= 0.6 is 0 Å². The maximum Gasteiger partial charge on any atom is 0.350 e. The molecule has 1 unspecified atom stereocenters. The predicted molar refractivity (Wildman–Crippen MR) is 66.8 cm³/mol. The SMILES string of the molecule is COC(=O)C(O)(C(=O)C(C)(C)C)c1ccccc1. The molecule has 1 aromatic rings. The molecule has 0 radical (unpaired) electrons. The number of hydrogen-bond acceptors (Lipinski definition) is 4. The van der Waals surface area contributed by atoms with Gasteiger partial charge in [-0.3, -0.25) is 4.79 Å². The molecular weight excluding hydrogens is 232 g/mol. The van der Waals surface area contributed by atoms with Crippen molar-refractivity contribution in [2.45, 2.75) is 26.4 Å². The fraction of sp³-hybridized carbons (Fsp3) is 0.429. The van der Waals surface area contributed by atoms with E-state index in [2.05, 4.69) is 4.74 Å². The molecule has 0 aromatic heterocycles. The quantitative estimate of drug-likeness (QED) is 0.654. The van der Waals surface area contributed by atoms with Crippen molar-refractivity contribution in [3.8, 4) is 0 Å². The van der Waals surface area contributed by atoms with Gasteiger partial charge in [-0.2, -0.15) is 0 Å². The number of carbonyl (C=O) groups is 2. The Morgan fingerprint density at radius 1 is 1.11 bits per heavy atom. The molecule has 0 amide bonds. The lowest BCUT2D eigenvalue weighted by molar-refractivity contribution is -0.173. The minimum absolute atomic E-state index is 0.219. The van der Waals surface area contributed by atoms with Crippen molar-refractivity contribution >= 4 is 11.8 Å². The molecule has 0 aliphatic heterocycles. The number of hydrogen-bond donors (Lipinski definition) is 1. The number of ether oxygens (including phenoxy) is 1. The summed E-state index contributed by atoms with van der Waals surface area (Å²) in [7, 11) is 1.15. The van der Waals surface area contributed by atoms with Gasteiger partial charge in [0, 0.05) is 11.0 Å². The number of benzene rings is 1. The number of Topliss-reactive ketones (excluding diaryl/α,β-unsaturated/α-hetero) is 1. The highest BCUT2D eigenvalue weighted by Crippen LogP contribution is 2.32. The van der Waals surface area contributed by atoms with Crippen LogP contribution in [0.25, 0.3) is 0 Å². The molecule has 18 heavy (non-hydrogen) atoms. The van der Waals surface area contributed by atoms with Crippen molar-refractivity contribution in [3.63, 3.8) is 0 Å². The monoisotopic (exact) mass is 250 g/mol. The molecule has 4 heteroatoms. The van der Waals surface area contributed by atoms with Crippen molar-refractivity contribution in [1.82, 2.24) is 0 Å². The summed E-state index contributed by atoms with van der Waals surface area (Å²) >= 11 is 0. The first-order valence-electron chi connectivity index (χ1n) is 5.65. The molecule has 0 saturated carbocycles. The number of methoxy groups -OCH3 is 1.